The molecule has 0 saturated heterocycles. The van der Waals surface area contributed by atoms with Gasteiger partial charge in [-0.3, -0.25) is 9.59 Å². The fraction of sp³-hybridized carbons (Fsp3) is 0.0952. The summed E-state index contributed by atoms with van der Waals surface area (Å²) in [5.74, 6) is 0.0463. The molecule has 1 aromatic heterocycles. The Kier molecular flexibility index (Phi) is 4.95. The van der Waals surface area contributed by atoms with E-state index in [0.29, 0.717) is 27.8 Å². The van der Waals surface area contributed by atoms with Crippen LogP contribution in [-0.2, 0) is 4.79 Å². The fourth-order valence-corrected chi connectivity index (χ4v) is 3.13. The minimum absolute atomic E-state index is 0.227. The van der Waals surface area contributed by atoms with Crippen LogP contribution in [0.3, 0.4) is 0 Å². The van der Waals surface area contributed by atoms with E-state index < -0.39 is 5.92 Å². The van der Waals surface area contributed by atoms with Crippen molar-refractivity contribution >= 4 is 34.9 Å². The highest BCUT2D eigenvalue weighted by atomic mass is 35.5. The van der Waals surface area contributed by atoms with Crippen LogP contribution in [-0.4, -0.2) is 23.4 Å². The Labute approximate surface area is 166 Å². The van der Waals surface area contributed by atoms with E-state index in [1.807, 2.05) is 24.3 Å². The molecule has 0 aliphatic carbocycles. The Morgan fingerprint density at radius 1 is 1.00 bits per heavy atom. The molecular weight excluding hydrogens is 378 g/mol. The van der Waals surface area contributed by atoms with Crippen LogP contribution in [0.5, 0.6) is 5.75 Å². The first kappa shape index (κ1) is 18.0. The third kappa shape index (κ3) is 3.68. The molecule has 2 aromatic carbocycles. The first-order valence-electron chi connectivity index (χ1n) is 8.66. The number of benzene rings is 2. The lowest BCUT2D eigenvalue weighted by atomic mass is 10.00. The Bertz CT molecular complexity index is 1040. The maximum atomic E-state index is 12.8. The minimum atomic E-state index is -0.426. The Morgan fingerprint density at radius 2 is 1.79 bits per heavy atom. The number of nitrogens with one attached hydrogen (secondary N) is 2. The van der Waals surface area contributed by atoms with E-state index in [4.69, 9.17) is 16.3 Å². The molecular formula is C21H16ClN3O3. The third-order valence-electron chi connectivity index (χ3n) is 4.41. The molecule has 2 N–H and O–H groups in total. The number of para-hydroxylation sites is 2. The Balaban J connectivity index is 1.52. The molecule has 3 aromatic rings. The number of ether oxygens (including phenoxy) is 1. The molecule has 4 rings (SSSR count). The molecule has 0 bridgehead atoms. The van der Waals surface area contributed by atoms with Gasteiger partial charge in [-0.25, -0.2) is 4.98 Å². The summed E-state index contributed by atoms with van der Waals surface area (Å²) in [6.45, 7) is 0.272. The number of carbonyl (C=O) groups is 2. The van der Waals surface area contributed by atoms with Gasteiger partial charge in [-0.15, -0.1) is 0 Å². The average Bonchev–Trinajstić information content (AvgIpc) is 3.14. The van der Waals surface area contributed by atoms with Crippen LogP contribution < -0.4 is 15.4 Å². The summed E-state index contributed by atoms with van der Waals surface area (Å²) in [4.78, 5) is 29.5. The van der Waals surface area contributed by atoms with Crippen LogP contribution in [0.25, 0.3) is 0 Å². The zero-order valence-electron chi connectivity index (χ0n) is 14.7. The maximum absolute atomic E-state index is 12.8. The van der Waals surface area contributed by atoms with E-state index in [1.165, 1.54) is 6.20 Å². The molecule has 0 fully saturated rings. The predicted molar refractivity (Wildman–Crippen MR) is 107 cm³/mol. The third-order valence-corrected chi connectivity index (χ3v) is 4.64. The number of aromatic nitrogens is 1. The minimum Gasteiger partial charge on any atom is -0.492 e. The number of halogens is 1. The zero-order valence-corrected chi connectivity index (χ0v) is 15.4. The first-order chi connectivity index (χ1) is 13.6. The van der Waals surface area contributed by atoms with Gasteiger partial charge < -0.3 is 15.4 Å². The topological polar surface area (TPSA) is 80.3 Å². The maximum Gasteiger partial charge on any atom is 0.258 e. The number of nitrogens with zero attached hydrogens (tertiary/aromatic N) is 1. The molecule has 28 heavy (non-hydrogen) atoms. The van der Waals surface area contributed by atoms with Crippen molar-refractivity contribution in [3.05, 3.63) is 83.0 Å². The summed E-state index contributed by atoms with van der Waals surface area (Å²) in [5.41, 5.74) is 1.59. The largest absolute Gasteiger partial charge is 0.492 e. The van der Waals surface area contributed by atoms with E-state index in [0.717, 1.165) is 5.56 Å². The van der Waals surface area contributed by atoms with Gasteiger partial charge in [-0.1, -0.05) is 41.9 Å². The fourth-order valence-electron chi connectivity index (χ4n) is 3.02. The predicted octanol–water partition coefficient (Wildman–Crippen LogP) is 4.10. The van der Waals surface area contributed by atoms with Crippen molar-refractivity contribution in [1.29, 1.82) is 0 Å². The van der Waals surface area contributed by atoms with E-state index in [9.17, 15) is 9.59 Å². The molecule has 0 spiro atoms. The molecule has 2 heterocycles. The van der Waals surface area contributed by atoms with Crippen molar-refractivity contribution in [1.82, 2.24) is 4.98 Å². The number of amides is 2. The highest BCUT2D eigenvalue weighted by Crippen LogP contribution is 2.34. The summed E-state index contributed by atoms with van der Waals surface area (Å²) in [5, 5.41) is 6.02. The van der Waals surface area contributed by atoms with E-state index >= 15 is 0 Å². The smallest absolute Gasteiger partial charge is 0.258 e. The van der Waals surface area contributed by atoms with Gasteiger partial charge in [0.1, 0.15) is 24.1 Å². The van der Waals surface area contributed by atoms with Gasteiger partial charge in [-0.2, -0.15) is 0 Å². The van der Waals surface area contributed by atoms with E-state index in [2.05, 4.69) is 15.6 Å². The molecule has 0 radical (unpaired) electrons. The van der Waals surface area contributed by atoms with Crippen molar-refractivity contribution in [2.75, 3.05) is 17.2 Å². The lowest BCUT2D eigenvalue weighted by Gasteiger charge is -2.14. The highest BCUT2D eigenvalue weighted by Gasteiger charge is 2.30. The van der Waals surface area contributed by atoms with Crippen LogP contribution in [0.1, 0.15) is 21.8 Å². The van der Waals surface area contributed by atoms with Gasteiger partial charge in [-0.05, 0) is 30.3 Å². The van der Waals surface area contributed by atoms with Crippen molar-refractivity contribution in [2.45, 2.75) is 5.92 Å². The van der Waals surface area contributed by atoms with Crippen molar-refractivity contribution in [3.8, 4) is 5.75 Å². The summed E-state index contributed by atoms with van der Waals surface area (Å²) < 4.78 is 5.58. The van der Waals surface area contributed by atoms with Gasteiger partial charge in [0.15, 0.2) is 0 Å². The lowest BCUT2D eigenvalue weighted by Crippen LogP contribution is -2.24. The molecule has 140 valence electrons. The SMILES string of the molecule is O=C(Nc1ccc(Cl)cn1)c1ccccc1NC(=O)[C@H]1COc2ccccc21. The van der Waals surface area contributed by atoms with Crippen molar-refractivity contribution in [2.24, 2.45) is 0 Å². The number of hydrogen-bond donors (Lipinski definition) is 2. The van der Waals surface area contributed by atoms with Crippen molar-refractivity contribution in [3.63, 3.8) is 0 Å². The van der Waals surface area contributed by atoms with Gasteiger partial charge in [0.05, 0.1) is 16.3 Å². The number of rotatable bonds is 4. The zero-order chi connectivity index (χ0) is 19.5. The number of anilines is 2. The van der Waals surface area contributed by atoms with Gasteiger partial charge in [0, 0.05) is 11.8 Å². The second-order valence-electron chi connectivity index (χ2n) is 6.25. The van der Waals surface area contributed by atoms with Crippen LogP contribution in [0.15, 0.2) is 66.9 Å². The highest BCUT2D eigenvalue weighted by molar-refractivity contribution is 6.30. The van der Waals surface area contributed by atoms with E-state index in [-0.39, 0.29) is 18.4 Å². The standard InChI is InChI=1S/C21H16ClN3O3/c22-13-9-10-19(23-11-13)25-20(26)15-6-1-3-7-17(15)24-21(27)16-12-28-18-8-4-2-5-14(16)18/h1-11,16H,12H2,(H,24,27)(H,23,25,26)/t16-/m0/s1. The van der Waals surface area contributed by atoms with Crippen LogP contribution in [0.2, 0.25) is 5.02 Å². The molecule has 6 nitrogen and oxygen atoms in total. The van der Waals surface area contributed by atoms with E-state index in [1.54, 1.807) is 36.4 Å². The molecule has 0 saturated carbocycles. The monoisotopic (exact) mass is 393 g/mol. The Morgan fingerprint density at radius 3 is 2.61 bits per heavy atom. The molecule has 7 heteroatoms. The first-order valence-corrected chi connectivity index (χ1v) is 9.04. The summed E-state index contributed by atoms with van der Waals surface area (Å²) in [6, 6.07) is 17.5. The lowest BCUT2D eigenvalue weighted by molar-refractivity contribution is -0.117. The average molecular weight is 394 g/mol. The number of carbonyl (C=O) groups excluding carboxylic acids is 2. The number of pyridine rings is 1. The number of fused-ring (bicyclic) bond motifs is 1. The molecule has 1 aliphatic rings. The van der Waals surface area contributed by atoms with Gasteiger partial charge >= 0.3 is 0 Å². The number of hydrogen-bond acceptors (Lipinski definition) is 4. The van der Waals surface area contributed by atoms with Gasteiger partial charge in [0.25, 0.3) is 5.91 Å². The van der Waals surface area contributed by atoms with Crippen LogP contribution in [0.4, 0.5) is 11.5 Å². The molecule has 2 amide bonds. The van der Waals surface area contributed by atoms with Crippen molar-refractivity contribution < 1.29 is 14.3 Å². The second-order valence-corrected chi connectivity index (χ2v) is 6.69. The summed E-state index contributed by atoms with van der Waals surface area (Å²) in [7, 11) is 0. The molecule has 0 unspecified atom stereocenters. The quantitative estimate of drug-likeness (QED) is 0.699. The Hall–Kier alpha value is -3.38. The normalized spacial score (nSPS) is 14.7. The summed E-state index contributed by atoms with van der Waals surface area (Å²) >= 11 is 5.81. The van der Waals surface area contributed by atoms with Gasteiger partial charge in [0.2, 0.25) is 5.91 Å². The van der Waals surface area contributed by atoms with Crippen LogP contribution in [0, 0.1) is 0 Å². The summed E-state index contributed by atoms with van der Waals surface area (Å²) in [6.07, 6.45) is 1.45. The second kappa shape index (κ2) is 7.70. The molecule has 1 aliphatic heterocycles. The van der Waals surface area contributed by atoms with Crippen LogP contribution >= 0.6 is 11.6 Å². The molecule has 1 atom stereocenters.